The van der Waals surface area contributed by atoms with Crippen molar-refractivity contribution in [3.05, 3.63) is 35.4 Å². The molecule has 0 radical (unpaired) electrons. The molecule has 0 aliphatic rings. The van der Waals surface area contributed by atoms with E-state index in [1.54, 1.807) is 38.1 Å². The van der Waals surface area contributed by atoms with Crippen LogP contribution in [0, 0.1) is 0 Å². The average Bonchev–Trinajstić information content (AvgIpc) is 2.27. The molecule has 2 nitrogen and oxygen atoms in total. The average molecular weight is 348 g/mol. The highest BCUT2D eigenvalue weighted by Crippen LogP contribution is 2.14. The summed E-state index contributed by atoms with van der Waals surface area (Å²) in [6.07, 6.45) is 0. The van der Waals surface area contributed by atoms with Crippen molar-refractivity contribution in [3.8, 4) is 0 Å². The Bertz CT molecular complexity index is 355. The van der Waals surface area contributed by atoms with Crippen LogP contribution in [-0.2, 0) is 0 Å². The Balaban J connectivity index is 2.92. The van der Waals surface area contributed by atoms with Crippen LogP contribution in [0.4, 0.5) is 0 Å². The van der Waals surface area contributed by atoms with Gasteiger partial charge in [0.2, 0.25) is 0 Å². The molecular formula is C12H12Br2O2. The van der Waals surface area contributed by atoms with Gasteiger partial charge >= 0.3 is 0 Å². The molecule has 0 aliphatic heterocycles. The second-order valence-electron chi connectivity index (χ2n) is 3.54. The molecule has 1 rings (SSSR count). The Morgan fingerprint density at radius 1 is 0.875 bits per heavy atom. The monoisotopic (exact) mass is 346 g/mol. The molecule has 0 fully saturated rings. The van der Waals surface area contributed by atoms with Gasteiger partial charge in [-0.3, -0.25) is 9.59 Å². The van der Waals surface area contributed by atoms with Gasteiger partial charge in [-0.2, -0.15) is 0 Å². The number of hydrogen-bond acceptors (Lipinski definition) is 2. The minimum absolute atomic E-state index is 0.0193. The molecule has 0 saturated carbocycles. The van der Waals surface area contributed by atoms with Crippen LogP contribution in [-0.4, -0.2) is 21.2 Å². The molecule has 0 aliphatic carbocycles. The van der Waals surface area contributed by atoms with Gasteiger partial charge in [0.15, 0.2) is 11.6 Å². The molecule has 0 heterocycles. The molecule has 2 atom stereocenters. The molecule has 0 bridgehead atoms. The second kappa shape index (κ2) is 5.73. The quantitative estimate of drug-likeness (QED) is 0.615. The van der Waals surface area contributed by atoms with Gasteiger partial charge in [0.1, 0.15) is 0 Å². The van der Waals surface area contributed by atoms with Crippen molar-refractivity contribution in [1.29, 1.82) is 0 Å². The maximum atomic E-state index is 11.6. The van der Waals surface area contributed by atoms with Gasteiger partial charge in [0.25, 0.3) is 0 Å². The fourth-order valence-corrected chi connectivity index (χ4v) is 1.79. The van der Waals surface area contributed by atoms with E-state index in [-0.39, 0.29) is 21.2 Å². The van der Waals surface area contributed by atoms with E-state index in [4.69, 9.17) is 0 Å². The number of Topliss-reactive ketones (excluding diaryl/α,β-unsaturated/α-hetero) is 2. The number of ketones is 2. The van der Waals surface area contributed by atoms with Crippen LogP contribution in [0.25, 0.3) is 0 Å². The first kappa shape index (κ1) is 13.6. The molecule has 2 unspecified atom stereocenters. The fourth-order valence-electron chi connectivity index (χ4n) is 1.26. The molecule has 1 aromatic carbocycles. The maximum absolute atomic E-state index is 11.6. The summed E-state index contributed by atoms with van der Waals surface area (Å²) in [6.45, 7) is 3.56. The zero-order valence-corrected chi connectivity index (χ0v) is 12.2. The van der Waals surface area contributed by atoms with Gasteiger partial charge in [-0.1, -0.05) is 56.1 Å². The van der Waals surface area contributed by atoms with Gasteiger partial charge < -0.3 is 0 Å². The molecular weight excluding hydrogens is 336 g/mol. The molecule has 4 heteroatoms. The summed E-state index contributed by atoms with van der Waals surface area (Å²) in [4.78, 5) is 22.8. The van der Waals surface area contributed by atoms with E-state index in [0.29, 0.717) is 11.1 Å². The minimum atomic E-state index is -0.204. The van der Waals surface area contributed by atoms with Gasteiger partial charge in [0, 0.05) is 11.1 Å². The SMILES string of the molecule is CC(Br)C(=O)c1ccc(C(=O)C(C)Br)cc1. The summed E-state index contributed by atoms with van der Waals surface area (Å²) in [5.74, 6) is 0.0387. The molecule has 0 N–H and O–H groups in total. The van der Waals surface area contributed by atoms with Crippen LogP contribution < -0.4 is 0 Å². The third kappa shape index (κ3) is 3.25. The van der Waals surface area contributed by atoms with Crippen LogP contribution in [0.3, 0.4) is 0 Å². The lowest BCUT2D eigenvalue weighted by atomic mass is 10.0. The Morgan fingerprint density at radius 2 is 1.12 bits per heavy atom. The van der Waals surface area contributed by atoms with Gasteiger partial charge in [-0.15, -0.1) is 0 Å². The molecule has 1 aromatic rings. The predicted molar refractivity (Wildman–Crippen MR) is 71.9 cm³/mol. The van der Waals surface area contributed by atoms with E-state index < -0.39 is 0 Å². The molecule has 0 saturated heterocycles. The molecule has 0 aromatic heterocycles. The summed E-state index contributed by atoms with van der Waals surface area (Å²) >= 11 is 6.45. The molecule has 16 heavy (non-hydrogen) atoms. The molecule has 0 spiro atoms. The van der Waals surface area contributed by atoms with Crippen molar-refractivity contribution in [2.45, 2.75) is 23.5 Å². The Kier molecular flexibility index (Phi) is 4.87. The largest absolute Gasteiger partial charge is 0.293 e. The number of benzene rings is 1. The summed E-state index contributed by atoms with van der Waals surface area (Å²) in [5, 5.41) is 0. The van der Waals surface area contributed by atoms with E-state index in [1.807, 2.05) is 0 Å². The topological polar surface area (TPSA) is 34.1 Å². The fraction of sp³-hybridized carbons (Fsp3) is 0.333. The lowest BCUT2D eigenvalue weighted by Gasteiger charge is -2.05. The Hall–Kier alpha value is -0.480. The van der Waals surface area contributed by atoms with Crippen LogP contribution in [0.2, 0.25) is 0 Å². The first-order valence-electron chi connectivity index (χ1n) is 4.90. The minimum Gasteiger partial charge on any atom is -0.293 e. The van der Waals surface area contributed by atoms with E-state index in [9.17, 15) is 9.59 Å². The second-order valence-corrected chi connectivity index (χ2v) is 6.28. The Labute approximate surface area is 112 Å². The van der Waals surface area contributed by atoms with Crippen LogP contribution in [0.5, 0.6) is 0 Å². The number of alkyl halides is 2. The summed E-state index contributed by atoms with van der Waals surface area (Å²) in [6, 6.07) is 6.73. The first-order chi connectivity index (χ1) is 7.43. The van der Waals surface area contributed by atoms with Crippen molar-refractivity contribution in [1.82, 2.24) is 0 Å². The van der Waals surface area contributed by atoms with E-state index in [1.165, 1.54) is 0 Å². The van der Waals surface area contributed by atoms with Crippen LogP contribution >= 0.6 is 31.9 Å². The third-order valence-corrected chi connectivity index (χ3v) is 3.01. The van der Waals surface area contributed by atoms with Crippen LogP contribution in [0.15, 0.2) is 24.3 Å². The summed E-state index contributed by atoms with van der Waals surface area (Å²) < 4.78 is 0. The number of carbonyl (C=O) groups is 2. The molecule has 86 valence electrons. The van der Waals surface area contributed by atoms with Gasteiger partial charge in [-0.05, 0) is 13.8 Å². The predicted octanol–water partition coefficient (Wildman–Crippen LogP) is 3.62. The van der Waals surface area contributed by atoms with Crippen molar-refractivity contribution in [2.75, 3.05) is 0 Å². The smallest absolute Gasteiger partial charge is 0.176 e. The lowest BCUT2D eigenvalue weighted by Crippen LogP contribution is -2.12. The number of hydrogen-bond donors (Lipinski definition) is 0. The number of rotatable bonds is 4. The number of halogens is 2. The normalized spacial score (nSPS) is 14.2. The highest BCUT2D eigenvalue weighted by atomic mass is 79.9. The highest BCUT2D eigenvalue weighted by molar-refractivity contribution is 9.10. The van der Waals surface area contributed by atoms with Crippen molar-refractivity contribution >= 4 is 43.4 Å². The van der Waals surface area contributed by atoms with E-state index in [0.717, 1.165) is 0 Å². The standard InChI is InChI=1S/C12H12Br2O2/c1-7(13)11(15)9-3-5-10(6-4-9)12(16)8(2)14/h3-8H,1-2H3. The third-order valence-electron chi connectivity index (χ3n) is 2.18. The highest BCUT2D eigenvalue weighted by Gasteiger charge is 2.14. The van der Waals surface area contributed by atoms with Crippen molar-refractivity contribution < 1.29 is 9.59 Å². The van der Waals surface area contributed by atoms with E-state index >= 15 is 0 Å². The zero-order chi connectivity index (χ0) is 12.3. The summed E-state index contributed by atoms with van der Waals surface area (Å²) in [5.41, 5.74) is 1.23. The van der Waals surface area contributed by atoms with Gasteiger partial charge in [-0.25, -0.2) is 0 Å². The van der Waals surface area contributed by atoms with Crippen molar-refractivity contribution in [3.63, 3.8) is 0 Å². The number of carbonyl (C=O) groups excluding carboxylic acids is 2. The van der Waals surface area contributed by atoms with Crippen molar-refractivity contribution in [2.24, 2.45) is 0 Å². The molecule has 0 amide bonds. The first-order valence-corrected chi connectivity index (χ1v) is 6.73. The van der Waals surface area contributed by atoms with E-state index in [2.05, 4.69) is 31.9 Å². The maximum Gasteiger partial charge on any atom is 0.176 e. The Morgan fingerprint density at radius 3 is 1.31 bits per heavy atom. The summed E-state index contributed by atoms with van der Waals surface area (Å²) in [7, 11) is 0. The lowest BCUT2D eigenvalue weighted by molar-refractivity contribution is 0.0984. The zero-order valence-electron chi connectivity index (χ0n) is 9.04. The van der Waals surface area contributed by atoms with Crippen LogP contribution in [0.1, 0.15) is 34.6 Å². The van der Waals surface area contributed by atoms with Gasteiger partial charge in [0.05, 0.1) is 9.65 Å².